The summed E-state index contributed by atoms with van der Waals surface area (Å²) in [7, 11) is 0. The third-order valence-corrected chi connectivity index (χ3v) is 5.58. The first-order chi connectivity index (χ1) is 15.1. The molecule has 0 aromatic heterocycles. The van der Waals surface area contributed by atoms with E-state index in [1.807, 2.05) is 55.5 Å². The number of Topliss-reactive ketones (excluding diaryl/α,β-unsaturated/α-hetero) is 2. The lowest BCUT2D eigenvalue weighted by atomic mass is 9.99. The Morgan fingerprint density at radius 3 is 1.84 bits per heavy atom. The van der Waals surface area contributed by atoms with E-state index in [4.69, 9.17) is 4.74 Å². The van der Waals surface area contributed by atoms with Gasteiger partial charge in [0.25, 0.3) is 0 Å². The SMILES string of the molecule is CCCCCCCCCOc1ccc(-c2ccc(C(=O)CC(=O)CCCC)cc2)cc1. The van der Waals surface area contributed by atoms with Crippen LogP contribution in [0.5, 0.6) is 5.75 Å². The monoisotopic (exact) mass is 422 g/mol. The van der Waals surface area contributed by atoms with Gasteiger partial charge in [0.15, 0.2) is 5.78 Å². The Morgan fingerprint density at radius 1 is 0.677 bits per heavy atom. The van der Waals surface area contributed by atoms with E-state index in [9.17, 15) is 9.59 Å². The fourth-order valence-electron chi connectivity index (χ4n) is 3.58. The Hall–Kier alpha value is -2.42. The molecule has 0 atom stereocenters. The van der Waals surface area contributed by atoms with E-state index in [-0.39, 0.29) is 18.0 Å². The van der Waals surface area contributed by atoms with Crippen molar-refractivity contribution in [2.24, 2.45) is 0 Å². The fraction of sp³-hybridized carbons (Fsp3) is 0.500. The molecule has 0 saturated carbocycles. The number of rotatable bonds is 16. The second-order valence-electron chi connectivity index (χ2n) is 8.31. The molecule has 0 aliphatic heterocycles. The van der Waals surface area contributed by atoms with Crippen molar-refractivity contribution in [3.05, 3.63) is 54.1 Å². The first-order valence-corrected chi connectivity index (χ1v) is 12.0. The van der Waals surface area contributed by atoms with Crippen molar-refractivity contribution in [1.82, 2.24) is 0 Å². The lowest BCUT2D eigenvalue weighted by Crippen LogP contribution is -2.07. The third-order valence-electron chi connectivity index (χ3n) is 5.58. The van der Waals surface area contributed by atoms with Gasteiger partial charge in [0.1, 0.15) is 11.5 Å². The summed E-state index contributed by atoms with van der Waals surface area (Å²) in [6, 6.07) is 15.6. The zero-order chi connectivity index (χ0) is 22.3. The van der Waals surface area contributed by atoms with Crippen LogP contribution in [0.25, 0.3) is 11.1 Å². The highest BCUT2D eigenvalue weighted by Gasteiger charge is 2.11. The Balaban J connectivity index is 1.77. The van der Waals surface area contributed by atoms with E-state index in [0.29, 0.717) is 12.0 Å². The van der Waals surface area contributed by atoms with Gasteiger partial charge in [0.2, 0.25) is 0 Å². The third kappa shape index (κ3) is 9.50. The summed E-state index contributed by atoms with van der Waals surface area (Å²) >= 11 is 0. The predicted octanol–water partition coefficient (Wildman–Crippen LogP) is 7.82. The summed E-state index contributed by atoms with van der Waals surface area (Å²) in [6.45, 7) is 5.05. The van der Waals surface area contributed by atoms with Crippen molar-refractivity contribution in [3.63, 3.8) is 0 Å². The highest BCUT2D eigenvalue weighted by atomic mass is 16.5. The van der Waals surface area contributed by atoms with Crippen molar-refractivity contribution >= 4 is 11.6 Å². The van der Waals surface area contributed by atoms with Gasteiger partial charge in [-0.25, -0.2) is 0 Å². The van der Waals surface area contributed by atoms with E-state index >= 15 is 0 Å². The molecule has 2 aromatic carbocycles. The number of unbranched alkanes of at least 4 members (excludes halogenated alkanes) is 7. The minimum absolute atomic E-state index is 0.00409. The quantitative estimate of drug-likeness (QED) is 0.157. The molecule has 0 amide bonds. The minimum Gasteiger partial charge on any atom is -0.494 e. The summed E-state index contributed by atoms with van der Waals surface area (Å²) in [4.78, 5) is 24.1. The molecule has 31 heavy (non-hydrogen) atoms. The molecule has 0 bridgehead atoms. The molecule has 0 spiro atoms. The van der Waals surface area contributed by atoms with Gasteiger partial charge < -0.3 is 4.74 Å². The lowest BCUT2D eigenvalue weighted by Gasteiger charge is -2.08. The Bertz CT molecular complexity index is 775. The molecule has 2 rings (SSSR count). The molecule has 168 valence electrons. The summed E-state index contributed by atoms with van der Waals surface area (Å²) < 4.78 is 5.86. The van der Waals surface area contributed by atoms with Gasteiger partial charge in [0.05, 0.1) is 13.0 Å². The molecule has 3 heteroatoms. The first-order valence-electron chi connectivity index (χ1n) is 12.0. The maximum Gasteiger partial charge on any atom is 0.170 e. The molecule has 0 unspecified atom stereocenters. The number of ketones is 2. The van der Waals surface area contributed by atoms with Crippen LogP contribution in [0.2, 0.25) is 0 Å². The van der Waals surface area contributed by atoms with Crippen LogP contribution < -0.4 is 4.74 Å². The Labute approximate surface area is 188 Å². The molecule has 0 fully saturated rings. The van der Waals surface area contributed by atoms with E-state index in [0.717, 1.165) is 42.7 Å². The number of benzene rings is 2. The standard InChI is InChI=1S/C28H38O3/c1-3-5-7-8-9-10-11-21-31-27-19-17-24(18-20-27)23-13-15-25(16-14-23)28(30)22-26(29)12-6-4-2/h13-20H,3-12,21-22H2,1-2H3. The Kier molecular flexibility index (Phi) is 11.7. The molecule has 0 aliphatic rings. The molecule has 2 aromatic rings. The number of carbonyl (C=O) groups excluding carboxylic acids is 2. The van der Waals surface area contributed by atoms with Crippen molar-refractivity contribution in [3.8, 4) is 16.9 Å². The average Bonchev–Trinajstić information content (AvgIpc) is 2.80. The van der Waals surface area contributed by atoms with Gasteiger partial charge in [0, 0.05) is 12.0 Å². The average molecular weight is 423 g/mol. The van der Waals surface area contributed by atoms with Crippen LogP contribution in [0.4, 0.5) is 0 Å². The van der Waals surface area contributed by atoms with Crippen molar-refractivity contribution in [2.75, 3.05) is 6.61 Å². The normalized spacial score (nSPS) is 10.8. The van der Waals surface area contributed by atoms with E-state index in [1.165, 1.54) is 38.5 Å². The Morgan fingerprint density at radius 2 is 1.23 bits per heavy atom. The molecule has 0 N–H and O–H groups in total. The number of carbonyl (C=O) groups is 2. The molecule has 0 aliphatic carbocycles. The summed E-state index contributed by atoms with van der Waals surface area (Å²) in [5.74, 6) is 0.830. The minimum atomic E-state index is -0.0956. The largest absolute Gasteiger partial charge is 0.494 e. The second kappa shape index (κ2) is 14.6. The van der Waals surface area contributed by atoms with Crippen molar-refractivity contribution in [1.29, 1.82) is 0 Å². The van der Waals surface area contributed by atoms with Crippen molar-refractivity contribution in [2.45, 2.75) is 84.5 Å². The van der Waals surface area contributed by atoms with Gasteiger partial charge in [-0.15, -0.1) is 0 Å². The smallest absolute Gasteiger partial charge is 0.170 e. The van der Waals surface area contributed by atoms with Crippen molar-refractivity contribution < 1.29 is 14.3 Å². The maximum absolute atomic E-state index is 12.3. The highest BCUT2D eigenvalue weighted by molar-refractivity contribution is 6.08. The molecule has 0 radical (unpaired) electrons. The molecular weight excluding hydrogens is 384 g/mol. The maximum atomic E-state index is 12.3. The van der Waals surface area contributed by atoms with Gasteiger partial charge in [-0.1, -0.05) is 95.2 Å². The summed E-state index contributed by atoms with van der Waals surface area (Å²) in [5, 5.41) is 0. The number of hydrogen-bond acceptors (Lipinski definition) is 3. The van der Waals surface area contributed by atoms with Gasteiger partial charge >= 0.3 is 0 Å². The second-order valence-corrected chi connectivity index (χ2v) is 8.31. The molecule has 3 nitrogen and oxygen atoms in total. The van der Waals surface area contributed by atoms with E-state index in [2.05, 4.69) is 6.92 Å². The van der Waals surface area contributed by atoms with Crippen LogP contribution in [0.15, 0.2) is 48.5 Å². The highest BCUT2D eigenvalue weighted by Crippen LogP contribution is 2.23. The number of ether oxygens (including phenoxy) is 1. The van der Waals surface area contributed by atoms with Crippen LogP contribution in [0.1, 0.15) is 94.8 Å². The lowest BCUT2D eigenvalue weighted by molar-refractivity contribution is -0.118. The molecular formula is C28H38O3. The zero-order valence-corrected chi connectivity index (χ0v) is 19.3. The van der Waals surface area contributed by atoms with E-state index < -0.39 is 0 Å². The molecule has 0 saturated heterocycles. The topological polar surface area (TPSA) is 43.4 Å². The summed E-state index contributed by atoms with van der Waals surface area (Å²) in [5.41, 5.74) is 2.73. The van der Waals surface area contributed by atoms with Gasteiger partial charge in [-0.3, -0.25) is 9.59 Å². The first kappa shape index (κ1) is 24.8. The number of hydrogen-bond donors (Lipinski definition) is 0. The van der Waals surface area contributed by atoms with Crippen LogP contribution in [-0.2, 0) is 4.79 Å². The zero-order valence-electron chi connectivity index (χ0n) is 19.3. The van der Waals surface area contributed by atoms with Crippen LogP contribution in [0.3, 0.4) is 0 Å². The van der Waals surface area contributed by atoms with Gasteiger partial charge in [-0.2, -0.15) is 0 Å². The van der Waals surface area contributed by atoms with Crippen LogP contribution >= 0.6 is 0 Å². The van der Waals surface area contributed by atoms with Crippen LogP contribution in [-0.4, -0.2) is 18.2 Å². The fourth-order valence-corrected chi connectivity index (χ4v) is 3.58. The van der Waals surface area contributed by atoms with Gasteiger partial charge in [-0.05, 0) is 36.1 Å². The summed E-state index contributed by atoms with van der Waals surface area (Å²) in [6.07, 6.45) is 11.3. The van der Waals surface area contributed by atoms with Crippen LogP contribution in [0, 0.1) is 0 Å². The van der Waals surface area contributed by atoms with E-state index in [1.54, 1.807) is 0 Å². The molecule has 0 heterocycles. The predicted molar refractivity (Wildman–Crippen MR) is 129 cm³/mol.